The third-order valence-electron chi connectivity index (χ3n) is 3.41. The molecule has 4 heteroatoms. The largest absolute Gasteiger partial charge is 0.397 e. The van der Waals surface area contributed by atoms with Gasteiger partial charge in [0.1, 0.15) is 0 Å². The monoisotopic (exact) mass is 283 g/mol. The Morgan fingerprint density at radius 2 is 1.86 bits per heavy atom. The van der Waals surface area contributed by atoms with E-state index in [1.54, 1.807) is 6.07 Å². The van der Waals surface area contributed by atoms with E-state index in [-0.39, 0.29) is 5.91 Å². The Morgan fingerprint density at radius 1 is 1.14 bits per heavy atom. The molecule has 0 spiro atoms. The number of hydrogen-bond acceptors (Lipinski definition) is 3. The van der Waals surface area contributed by atoms with Crippen molar-refractivity contribution in [1.29, 1.82) is 0 Å². The van der Waals surface area contributed by atoms with Crippen LogP contribution in [0, 0.1) is 6.92 Å². The highest BCUT2D eigenvalue weighted by molar-refractivity contribution is 5.97. The maximum atomic E-state index is 12.3. The standard InChI is InChI=1S/C17H21N3O/c1-3-20(14-9-5-4-6-10-14)12-16(21)19-17-13(2)8-7-11-15(17)18/h4-11H,3,12,18H2,1-2H3,(H,19,21). The Balaban J connectivity index is 2.07. The van der Waals surface area contributed by atoms with Crippen molar-refractivity contribution in [3.63, 3.8) is 0 Å². The second kappa shape index (κ2) is 6.79. The van der Waals surface area contributed by atoms with Crippen LogP contribution in [0.25, 0.3) is 0 Å². The van der Waals surface area contributed by atoms with Crippen molar-refractivity contribution in [1.82, 2.24) is 0 Å². The number of nitrogens with two attached hydrogens (primary N) is 1. The van der Waals surface area contributed by atoms with Gasteiger partial charge in [0, 0.05) is 12.2 Å². The van der Waals surface area contributed by atoms with Gasteiger partial charge >= 0.3 is 0 Å². The molecule has 4 nitrogen and oxygen atoms in total. The summed E-state index contributed by atoms with van der Waals surface area (Å²) in [5.41, 5.74) is 9.20. The van der Waals surface area contributed by atoms with E-state index >= 15 is 0 Å². The van der Waals surface area contributed by atoms with Gasteiger partial charge in [-0.05, 0) is 37.6 Å². The Labute approximate surface area is 125 Å². The van der Waals surface area contributed by atoms with Crippen LogP contribution in [0.1, 0.15) is 12.5 Å². The smallest absolute Gasteiger partial charge is 0.243 e. The average Bonchev–Trinajstić information content (AvgIpc) is 2.49. The van der Waals surface area contributed by atoms with Gasteiger partial charge in [-0.1, -0.05) is 30.3 Å². The lowest BCUT2D eigenvalue weighted by Crippen LogP contribution is -2.33. The number of benzene rings is 2. The number of nitrogens with zero attached hydrogens (tertiary/aromatic N) is 1. The molecule has 0 saturated heterocycles. The molecular formula is C17H21N3O. The van der Waals surface area contributed by atoms with E-state index in [2.05, 4.69) is 5.32 Å². The van der Waals surface area contributed by atoms with Crippen molar-refractivity contribution in [2.75, 3.05) is 29.0 Å². The average molecular weight is 283 g/mol. The number of aryl methyl sites for hydroxylation is 1. The Hall–Kier alpha value is -2.49. The van der Waals surface area contributed by atoms with Crippen LogP contribution in [0.5, 0.6) is 0 Å². The molecule has 2 aromatic carbocycles. The molecule has 0 aromatic heterocycles. The number of carbonyl (C=O) groups is 1. The first-order valence-corrected chi connectivity index (χ1v) is 7.06. The van der Waals surface area contributed by atoms with Crippen LogP contribution in [-0.2, 0) is 4.79 Å². The van der Waals surface area contributed by atoms with Gasteiger partial charge in [-0.2, -0.15) is 0 Å². The van der Waals surface area contributed by atoms with Gasteiger partial charge in [0.05, 0.1) is 17.9 Å². The molecule has 0 saturated carbocycles. The van der Waals surface area contributed by atoms with Gasteiger partial charge < -0.3 is 16.0 Å². The summed E-state index contributed by atoms with van der Waals surface area (Å²) in [6.07, 6.45) is 0. The highest BCUT2D eigenvalue weighted by atomic mass is 16.2. The van der Waals surface area contributed by atoms with Crippen LogP contribution < -0.4 is 16.0 Å². The molecule has 0 radical (unpaired) electrons. The number of likely N-dealkylation sites (N-methyl/N-ethyl adjacent to an activating group) is 1. The maximum Gasteiger partial charge on any atom is 0.243 e. The van der Waals surface area contributed by atoms with Crippen LogP contribution in [0.4, 0.5) is 17.1 Å². The zero-order valence-corrected chi connectivity index (χ0v) is 12.5. The molecule has 2 rings (SSSR count). The van der Waals surface area contributed by atoms with Gasteiger partial charge in [0.2, 0.25) is 5.91 Å². The molecule has 21 heavy (non-hydrogen) atoms. The van der Waals surface area contributed by atoms with E-state index in [0.717, 1.165) is 17.8 Å². The van der Waals surface area contributed by atoms with E-state index in [0.29, 0.717) is 17.9 Å². The fraction of sp³-hybridized carbons (Fsp3) is 0.235. The van der Waals surface area contributed by atoms with Crippen molar-refractivity contribution in [2.24, 2.45) is 0 Å². The lowest BCUT2D eigenvalue weighted by Gasteiger charge is -2.23. The van der Waals surface area contributed by atoms with E-state index in [4.69, 9.17) is 5.73 Å². The molecule has 110 valence electrons. The number of carbonyl (C=O) groups excluding carboxylic acids is 1. The normalized spacial score (nSPS) is 10.2. The zero-order chi connectivity index (χ0) is 15.2. The predicted octanol–water partition coefficient (Wildman–Crippen LogP) is 3.04. The first-order chi connectivity index (χ1) is 10.1. The molecule has 0 atom stereocenters. The fourth-order valence-corrected chi connectivity index (χ4v) is 2.24. The fourth-order valence-electron chi connectivity index (χ4n) is 2.24. The second-order valence-electron chi connectivity index (χ2n) is 4.94. The van der Waals surface area contributed by atoms with E-state index in [9.17, 15) is 4.79 Å². The van der Waals surface area contributed by atoms with Gasteiger partial charge in [-0.15, -0.1) is 0 Å². The van der Waals surface area contributed by atoms with Crippen molar-refractivity contribution in [3.8, 4) is 0 Å². The third-order valence-corrected chi connectivity index (χ3v) is 3.41. The summed E-state index contributed by atoms with van der Waals surface area (Å²) in [6, 6.07) is 15.5. The Morgan fingerprint density at radius 3 is 2.48 bits per heavy atom. The summed E-state index contributed by atoms with van der Waals surface area (Å²) in [7, 11) is 0. The first-order valence-electron chi connectivity index (χ1n) is 7.06. The van der Waals surface area contributed by atoms with E-state index in [1.165, 1.54) is 0 Å². The topological polar surface area (TPSA) is 58.4 Å². The Kier molecular flexibility index (Phi) is 4.82. The van der Waals surface area contributed by atoms with Crippen LogP contribution in [0.2, 0.25) is 0 Å². The summed E-state index contributed by atoms with van der Waals surface area (Å²) in [5, 5.41) is 2.91. The first kappa shape index (κ1) is 14.9. The number of amides is 1. The number of hydrogen-bond donors (Lipinski definition) is 2. The van der Waals surface area contributed by atoms with Crippen molar-refractivity contribution < 1.29 is 4.79 Å². The van der Waals surface area contributed by atoms with Crippen molar-refractivity contribution >= 4 is 23.0 Å². The maximum absolute atomic E-state index is 12.3. The highest BCUT2D eigenvalue weighted by Gasteiger charge is 2.12. The van der Waals surface area contributed by atoms with Crippen LogP contribution in [-0.4, -0.2) is 19.0 Å². The minimum atomic E-state index is -0.0679. The molecule has 3 N–H and O–H groups in total. The molecule has 0 heterocycles. The zero-order valence-electron chi connectivity index (χ0n) is 12.5. The minimum Gasteiger partial charge on any atom is -0.397 e. The molecule has 0 fully saturated rings. The second-order valence-corrected chi connectivity index (χ2v) is 4.94. The van der Waals surface area contributed by atoms with Gasteiger partial charge in [-0.25, -0.2) is 0 Å². The molecular weight excluding hydrogens is 262 g/mol. The lowest BCUT2D eigenvalue weighted by molar-refractivity contribution is -0.115. The highest BCUT2D eigenvalue weighted by Crippen LogP contribution is 2.22. The third kappa shape index (κ3) is 3.75. The van der Waals surface area contributed by atoms with Crippen molar-refractivity contribution in [2.45, 2.75) is 13.8 Å². The molecule has 0 bridgehead atoms. The summed E-state index contributed by atoms with van der Waals surface area (Å²) in [6.45, 7) is 5.03. The number of rotatable bonds is 5. The van der Waals surface area contributed by atoms with E-state index < -0.39 is 0 Å². The van der Waals surface area contributed by atoms with Gasteiger partial charge in [0.25, 0.3) is 0 Å². The number of nitrogen functional groups attached to an aromatic ring is 1. The Bertz CT molecular complexity index is 590. The predicted molar refractivity (Wildman–Crippen MR) is 88.6 cm³/mol. The molecule has 0 aliphatic carbocycles. The van der Waals surface area contributed by atoms with Crippen LogP contribution in [0.3, 0.4) is 0 Å². The quantitative estimate of drug-likeness (QED) is 0.829. The van der Waals surface area contributed by atoms with Crippen LogP contribution in [0.15, 0.2) is 48.5 Å². The molecule has 1 amide bonds. The summed E-state index contributed by atoms with van der Waals surface area (Å²) in [5.74, 6) is -0.0679. The number of para-hydroxylation sites is 2. The molecule has 0 aliphatic rings. The summed E-state index contributed by atoms with van der Waals surface area (Å²) >= 11 is 0. The molecule has 0 unspecified atom stereocenters. The van der Waals surface area contributed by atoms with E-state index in [1.807, 2.05) is 61.2 Å². The minimum absolute atomic E-state index is 0.0679. The number of nitrogens with one attached hydrogen (secondary N) is 1. The van der Waals surface area contributed by atoms with Gasteiger partial charge in [-0.3, -0.25) is 4.79 Å². The lowest BCUT2D eigenvalue weighted by atomic mass is 10.1. The van der Waals surface area contributed by atoms with Crippen molar-refractivity contribution in [3.05, 3.63) is 54.1 Å². The van der Waals surface area contributed by atoms with Gasteiger partial charge in [0.15, 0.2) is 0 Å². The molecule has 2 aromatic rings. The molecule has 0 aliphatic heterocycles. The van der Waals surface area contributed by atoms with Crippen LogP contribution >= 0.6 is 0 Å². The summed E-state index contributed by atoms with van der Waals surface area (Å²) in [4.78, 5) is 14.3. The summed E-state index contributed by atoms with van der Waals surface area (Å²) < 4.78 is 0. The number of anilines is 3. The SMILES string of the molecule is CCN(CC(=O)Nc1c(C)cccc1N)c1ccccc1.